The summed E-state index contributed by atoms with van der Waals surface area (Å²) < 4.78 is 0. The van der Waals surface area contributed by atoms with Crippen molar-refractivity contribution in [3.63, 3.8) is 0 Å². The van der Waals surface area contributed by atoms with E-state index in [9.17, 15) is 9.59 Å². The van der Waals surface area contributed by atoms with E-state index in [0.717, 1.165) is 31.6 Å². The van der Waals surface area contributed by atoms with Crippen LogP contribution in [0.3, 0.4) is 0 Å². The number of carbonyl (C=O) groups is 2. The zero-order chi connectivity index (χ0) is 16.8. The van der Waals surface area contributed by atoms with Gasteiger partial charge < -0.3 is 15.5 Å². The van der Waals surface area contributed by atoms with Crippen molar-refractivity contribution in [2.75, 3.05) is 32.0 Å². The molecule has 2 amide bonds. The Labute approximate surface area is 150 Å². The third kappa shape index (κ3) is 5.49. The van der Waals surface area contributed by atoms with E-state index in [2.05, 4.69) is 17.6 Å². The summed E-state index contributed by atoms with van der Waals surface area (Å²) in [6.07, 6.45) is 2.15. The van der Waals surface area contributed by atoms with Gasteiger partial charge in [0.05, 0.1) is 0 Å². The van der Waals surface area contributed by atoms with Crippen molar-refractivity contribution in [2.24, 2.45) is 11.8 Å². The van der Waals surface area contributed by atoms with Crippen LogP contribution in [0.15, 0.2) is 24.3 Å². The first-order chi connectivity index (χ1) is 11.0. The molecule has 1 aliphatic heterocycles. The highest BCUT2D eigenvalue weighted by Gasteiger charge is 2.21. The summed E-state index contributed by atoms with van der Waals surface area (Å²) in [5.74, 6) is 0.662. The number of nitrogens with zero attached hydrogens (tertiary/aromatic N) is 1. The maximum absolute atomic E-state index is 12.5. The van der Waals surface area contributed by atoms with Crippen LogP contribution in [-0.2, 0) is 4.79 Å². The molecule has 1 saturated heterocycles. The number of hydrogen-bond acceptors (Lipinski definition) is 3. The van der Waals surface area contributed by atoms with E-state index < -0.39 is 0 Å². The van der Waals surface area contributed by atoms with E-state index in [-0.39, 0.29) is 30.1 Å². The Morgan fingerprint density at radius 2 is 1.79 bits per heavy atom. The summed E-state index contributed by atoms with van der Waals surface area (Å²) in [6, 6.07) is 7.17. The molecule has 1 heterocycles. The van der Waals surface area contributed by atoms with Crippen molar-refractivity contribution in [1.82, 2.24) is 10.2 Å². The minimum Gasteiger partial charge on any atom is -0.339 e. The van der Waals surface area contributed by atoms with Crippen LogP contribution in [0.4, 0.5) is 5.69 Å². The molecular weight excluding hydrogens is 326 g/mol. The Hall–Kier alpha value is -1.59. The number of halogens is 1. The highest BCUT2D eigenvalue weighted by Crippen LogP contribution is 2.19. The van der Waals surface area contributed by atoms with Crippen molar-refractivity contribution in [2.45, 2.75) is 26.7 Å². The zero-order valence-corrected chi connectivity index (χ0v) is 15.5. The first kappa shape index (κ1) is 20.5. The van der Waals surface area contributed by atoms with Crippen molar-refractivity contribution >= 4 is 29.9 Å². The van der Waals surface area contributed by atoms with Gasteiger partial charge in [-0.1, -0.05) is 13.8 Å². The van der Waals surface area contributed by atoms with Gasteiger partial charge in [0.1, 0.15) is 0 Å². The van der Waals surface area contributed by atoms with Crippen LogP contribution in [-0.4, -0.2) is 43.4 Å². The van der Waals surface area contributed by atoms with E-state index in [1.54, 1.807) is 24.3 Å². The van der Waals surface area contributed by atoms with Crippen LogP contribution >= 0.6 is 12.4 Å². The Balaban J connectivity index is 0.00000288. The molecule has 1 unspecified atom stereocenters. The van der Waals surface area contributed by atoms with Gasteiger partial charge in [-0.3, -0.25) is 9.59 Å². The molecule has 1 aromatic carbocycles. The SMILES string of the molecule is CNCC(C)C(=O)Nc1ccc(C(=O)N2CCC(C)CC2)cc1.Cl. The van der Waals surface area contributed by atoms with Gasteiger partial charge >= 0.3 is 0 Å². The second kappa shape index (κ2) is 9.64. The van der Waals surface area contributed by atoms with Gasteiger partial charge in [-0.15, -0.1) is 12.4 Å². The quantitative estimate of drug-likeness (QED) is 0.855. The van der Waals surface area contributed by atoms with Gasteiger partial charge in [-0.25, -0.2) is 0 Å². The first-order valence-corrected chi connectivity index (χ1v) is 8.36. The van der Waals surface area contributed by atoms with E-state index in [0.29, 0.717) is 18.0 Å². The predicted octanol–water partition coefficient (Wildman–Crippen LogP) is 2.77. The van der Waals surface area contributed by atoms with Crippen LogP contribution in [0, 0.1) is 11.8 Å². The van der Waals surface area contributed by atoms with Crippen molar-refractivity contribution in [3.05, 3.63) is 29.8 Å². The number of benzene rings is 1. The number of piperidine rings is 1. The van der Waals surface area contributed by atoms with Gasteiger partial charge in [-0.05, 0) is 50.1 Å². The summed E-state index contributed by atoms with van der Waals surface area (Å²) in [6.45, 7) is 6.41. The zero-order valence-electron chi connectivity index (χ0n) is 14.7. The first-order valence-electron chi connectivity index (χ1n) is 8.36. The normalized spacial score (nSPS) is 16.2. The largest absolute Gasteiger partial charge is 0.339 e. The molecule has 0 bridgehead atoms. The average molecular weight is 354 g/mol. The van der Waals surface area contributed by atoms with Crippen LogP contribution in [0.25, 0.3) is 0 Å². The van der Waals surface area contributed by atoms with Crippen molar-refractivity contribution in [1.29, 1.82) is 0 Å². The van der Waals surface area contributed by atoms with Crippen LogP contribution in [0.5, 0.6) is 0 Å². The van der Waals surface area contributed by atoms with Crippen molar-refractivity contribution < 1.29 is 9.59 Å². The number of anilines is 1. The van der Waals surface area contributed by atoms with E-state index >= 15 is 0 Å². The third-order valence-electron chi connectivity index (χ3n) is 4.43. The highest BCUT2D eigenvalue weighted by atomic mass is 35.5. The Morgan fingerprint density at radius 1 is 1.21 bits per heavy atom. The summed E-state index contributed by atoms with van der Waals surface area (Å²) in [4.78, 5) is 26.4. The minimum atomic E-state index is -0.100. The number of rotatable bonds is 5. The lowest BCUT2D eigenvalue weighted by atomic mass is 9.98. The fourth-order valence-corrected chi connectivity index (χ4v) is 2.75. The van der Waals surface area contributed by atoms with Gasteiger partial charge in [-0.2, -0.15) is 0 Å². The van der Waals surface area contributed by atoms with Crippen molar-refractivity contribution in [3.8, 4) is 0 Å². The standard InChI is InChI=1S/C18H27N3O2.ClH/c1-13-8-10-21(11-9-13)18(23)15-4-6-16(7-5-15)20-17(22)14(2)12-19-3;/h4-7,13-14,19H,8-12H2,1-3H3,(H,20,22);1H. The summed E-state index contributed by atoms with van der Waals surface area (Å²) in [5, 5.41) is 5.86. The Morgan fingerprint density at radius 3 is 2.33 bits per heavy atom. The molecule has 0 radical (unpaired) electrons. The number of carbonyl (C=O) groups excluding carboxylic acids is 2. The van der Waals surface area contributed by atoms with E-state index in [4.69, 9.17) is 0 Å². The molecule has 0 aliphatic carbocycles. The number of nitrogens with one attached hydrogen (secondary N) is 2. The smallest absolute Gasteiger partial charge is 0.253 e. The summed E-state index contributed by atoms with van der Waals surface area (Å²) in [5.41, 5.74) is 1.41. The maximum Gasteiger partial charge on any atom is 0.253 e. The molecule has 1 aliphatic rings. The van der Waals surface area contributed by atoms with Gasteiger partial charge in [0, 0.05) is 36.8 Å². The monoisotopic (exact) mass is 353 g/mol. The number of amides is 2. The topological polar surface area (TPSA) is 61.4 Å². The maximum atomic E-state index is 12.5. The second-order valence-electron chi connectivity index (χ2n) is 6.50. The Kier molecular flexibility index (Phi) is 8.22. The highest BCUT2D eigenvalue weighted by molar-refractivity contribution is 5.96. The molecule has 134 valence electrons. The lowest BCUT2D eigenvalue weighted by Crippen LogP contribution is -2.37. The molecule has 5 nitrogen and oxygen atoms in total. The van der Waals surface area contributed by atoms with Crippen LogP contribution in [0.1, 0.15) is 37.0 Å². The Bertz CT molecular complexity index is 540. The van der Waals surface area contributed by atoms with Gasteiger partial charge in [0.2, 0.25) is 5.91 Å². The average Bonchev–Trinajstić information content (AvgIpc) is 2.56. The number of hydrogen-bond donors (Lipinski definition) is 2. The lowest BCUT2D eigenvalue weighted by Gasteiger charge is -2.30. The van der Waals surface area contributed by atoms with E-state index in [1.165, 1.54) is 0 Å². The fraction of sp³-hybridized carbons (Fsp3) is 0.556. The summed E-state index contributed by atoms with van der Waals surface area (Å²) in [7, 11) is 1.82. The molecule has 24 heavy (non-hydrogen) atoms. The molecule has 1 fully saturated rings. The second-order valence-corrected chi connectivity index (χ2v) is 6.50. The van der Waals surface area contributed by atoms with Crippen LogP contribution < -0.4 is 10.6 Å². The molecule has 1 atom stereocenters. The van der Waals surface area contributed by atoms with E-state index in [1.807, 2.05) is 18.9 Å². The van der Waals surface area contributed by atoms with Gasteiger partial charge in [0.25, 0.3) is 5.91 Å². The molecule has 1 aromatic rings. The third-order valence-corrected chi connectivity index (χ3v) is 4.43. The molecule has 2 N–H and O–H groups in total. The molecule has 0 saturated carbocycles. The molecule has 0 spiro atoms. The lowest BCUT2D eigenvalue weighted by molar-refractivity contribution is -0.119. The van der Waals surface area contributed by atoms with Gasteiger partial charge in [0.15, 0.2) is 0 Å². The molecule has 6 heteroatoms. The predicted molar refractivity (Wildman–Crippen MR) is 99.7 cm³/mol. The summed E-state index contributed by atoms with van der Waals surface area (Å²) >= 11 is 0. The number of likely N-dealkylation sites (tertiary alicyclic amines) is 1. The molecular formula is C18H28ClN3O2. The van der Waals surface area contributed by atoms with Crippen LogP contribution in [0.2, 0.25) is 0 Å². The molecule has 0 aromatic heterocycles. The molecule has 2 rings (SSSR count). The fourth-order valence-electron chi connectivity index (χ4n) is 2.75. The minimum absolute atomic E-state index is 0.